The van der Waals surface area contributed by atoms with Crippen LogP contribution in [0.2, 0.25) is 0 Å². The van der Waals surface area contributed by atoms with E-state index in [4.69, 9.17) is 0 Å². The van der Waals surface area contributed by atoms with E-state index in [-0.39, 0.29) is 17.6 Å². The number of fused-ring (bicyclic) bond motifs is 1. The Morgan fingerprint density at radius 3 is 2.44 bits per heavy atom. The number of rotatable bonds is 6. The summed E-state index contributed by atoms with van der Waals surface area (Å²) in [6.07, 6.45) is 0. The number of carbonyl (C=O) groups is 2. The van der Waals surface area contributed by atoms with Gasteiger partial charge in [-0.15, -0.1) is 11.8 Å². The van der Waals surface area contributed by atoms with Crippen LogP contribution in [-0.4, -0.2) is 22.6 Å². The van der Waals surface area contributed by atoms with Crippen molar-refractivity contribution in [1.82, 2.24) is 4.98 Å². The Labute approximate surface area is 191 Å². The van der Waals surface area contributed by atoms with Gasteiger partial charge in [0.05, 0.1) is 22.5 Å². The van der Waals surface area contributed by atoms with Gasteiger partial charge in [-0.05, 0) is 50.2 Å². The molecular weight excluding hydrogens is 418 g/mol. The predicted octanol–water partition coefficient (Wildman–Crippen LogP) is 5.83. The zero-order valence-electron chi connectivity index (χ0n) is 17.9. The Morgan fingerprint density at radius 2 is 1.62 bits per heavy atom. The summed E-state index contributed by atoms with van der Waals surface area (Å²) in [4.78, 5) is 30.8. The molecule has 2 N–H and O–H groups in total. The van der Waals surface area contributed by atoms with Crippen molar-refractivity contribution in [3.63, 3.8) is 0 Å². The lowest BCUT2D eigenvalue weighted by atomic mass is 10.1. The second kappa shape index (κ2) is 9.66. The molecule has 0 saturated carbocycles. The third-order valence-electron chi connectivity index (χ3n) is 4.93. The van der Waals surface area contributed by atoms with E-state index in [2.05, 4.69) is 15.6 Å². The predicted molar refractivity (Wildman–Crippen MR) is 131 cm³/mol. The normalized spacial score (nSPS) is 10.7. The number of thioether (sulfide) groups is 1. The van der Waals surface area contributed by atoms with Gasteiger partial charge in [-0.2, -0.15) is 0 Å². The van der Waals surface area contributed by atoms with Crippen LogP contribution in [0.5, 0.6) is 0 Å². The zero-order valence-corrected chi connectivity index (χ0v) is 18.7. The van der Waals surface area contributed by atoms with Crippen molar-refractivity contribution in [3.8, 4) is 0 Å². The molecule has 4 aromatic rings. The lowest BCUT2D eigenvalue weighted by Crippen LogP contribution is -2.16. The highest BCUT2D eigenvalue weighted by molar-refractivity contribution is 8.00. The number of aromatic nitrogens is 1. The van der Waals surface area contributed by atoms with Crippen LogP contribution in [0.1, 0.15) is 21.6 Å². The minimum absolute atomic E-state index is 0.122. The van der Waals surface area contributed by atoms with E-state index in [1.54, 1.807) is 6.07 Å². The van der Waals surface area contributed by atoms with Crippen LogP contribution in [0.15, 0.2) is 83.8 Å². The molecule has 0 atom stereocenters. The minimum atomic E-state index is -0.233. The molecule has 0 aliphatic heterocycles. The largest absolute Gasteiger partial charge is 0.325 e. The standard InChI is InChI=1S/C26H23N3O2S/c1-17-10-14-20(15-11-17)28-24(30)16-32-23-9-4-3-7-21(23)26(31)29-22-8-5-6-19-13-12-18(2)27-25(19)22/h3-15H,16H2,1-2H3,(H,28,30)(H,29,31). The molecule has 0 spiro atoms. The third kappa shape index (κ3) is 5.15. The van der Waals surface area contributed by atoms with Crippen molar-refractivity contribution in [3.05, 3.63) is 95.7 Å². The Balaban J connectivity index is 1.47. The quantitative estimate of drug-likeness (QED) is 0.369. The Bertz CT molecular complexity index is 1290. The van der Waals surface area contributed by atoms with E-state index in [1.807, 2.05) is 86.6 Å². The summed E-state index contributed by atoms with van der Waals surface area (Å²) in [7, 11) is 0. The van der Waals surface area contributed by atoms with E-state index < -0.39 is 0 Å². The lowest BCUT2D eigenvalue weighted by molar-refractivity contribution is -0.113. The summed E-state index contributed by atoms with van der Waals surface area (Å²) in [5.74, 6) is -0.154. The fraction of sp³-hybridized carbons (Fsp3) is 0.115. The van der Waals surface area contributed by atoms with Gasteiger partial charge in [-0.25, -0.2) is 0 Å². The molecule has 0 radical (unpaired) electrons. The average Bonchev–Trinajstić information content (AvgIpc) is 2.80. The molecule has 3 aromatic carbocycles. The number of hydrogen-bond acceptors (Lipinski definition) is 4. The van der Waals surface area contributed by atoms with Crippen molar-refractivity contribution >= 4 is 45.9 Å². The second-order valence-electron chi connectivity index (χ2n) is 7.48. The van der Waals surface area contributed by atoms with Gasteiger partial charge in [-0.1, -0.05) is 48.0 Å². The Kier molecular flexibility index (Phi) is 6.52. The number of anilines is 2. The summed E-state index contributed by atoms with van der Waals surface area (Å²) in [5, 5.41) is 6.83. The van der Waals surface area contributed by atoms with Gasteiger partial charge in [-0.3, -0.25) is 14.6 Å². The van der Waals surface area contributed by atoms with Crippen molar-refractivity contribution in [2.45, 2.75) is 18.7 Å². The van der Waals surface area contributed by atoms with E-state index >= 15 is 0 Å². The average molecular weight is 442 g/mol. The first-order valence-corrected chi connectivity index (χ1v) is 11.2. The van der Waals surface area contributed by atoms with E-state index in [9.17, 15) is 9.59 Å². The number of nitrogens with one attached hydrogen (secondary N) is 2. The monoisotopic (exact) mass is 441 g/mol. The van der Waals surface area contributed by atoms with Crippen LogP contribution in [0, 0.1) is 13.8 Å². The van der Waals surface area contributed by atoms with Crippen molar-refractivity contribution < 1.29 is 9.59 Å². The molecule has 160 valence electrons. The first kappa shape index (κ1) is 21.6. The van der Waals surface area contributed by atoms with E-state index in [1.165, 1.54) is 11.8 Å². The molecule has 1 heterocycles. The number of benzene rings is 3. The van der Waals surface area contributed by atoms with Crippen molar-refractivity contribution in [2.75, 3.05) is 16.4 Å². The highest BCUT2D eigenvalue weighted by Crippen LogP contribution is 2.26. The highest BCUT2D eigenvalue weighted by atomic mass is 32.2. The number of aryl methyl sites for hydroxylation is 2. The van der Waals surface area contributed by atoms with E-state index in [0.29, 0.717) is 11.3 Å². The molecule has 2 amide bonds. The lowest BCUT2D eigenvalue weighted by Gasteiger charge is -2.12. The minimum Gasteiger partial charge on any atom is -0.325 e. The fourth-order valence-electron chi connectivity index (χ4n) is 3.29. The summed E-state index contributed by atoms with van der Waals surface area (Å²) in [5.41, 5.74) is 4.71. The first-order valence-electron chi connectivity index (χ1n) is 10.3. The fourth-order valence-corrected chi connectivity index (χ4v) is 4.14. The molecule has 32 heavy (non-hydrogen) atoms. The third-order valence-corrected chi connectivity index (χ3v) is 6.01. The molecule has 0 fully saturated rings. The number of carbonyl (C=O) groups excluding carboxylic acids is 2. The SMILES string of the molecule is Cc1ccc(NC(=O)CSc2ccccc2C(=O)Nc2cccc3ccc(C)nc23)cc1. The number of pyridine rings is 1. The first-order chi connectivity index (χ1) is 15.5. The van der Waals surface area contributed by atoms with Crippen LogP contribution >= 0.6 is 11.8 Å². The van der Waals surface area contributed by atoms with Crippen LogP contribution in [-0.2, 0) is 4.79 Å². The van der Waals surface area contributed by atoms with Crippen LogP contribution in [0.3, 0.4) is 0 Å². The maximum atomic E-state index is 13.1. The summed E-state index contributed by atoms with van der Waals surface area (Å²) in [6, 6.07) is 24.6. The molecule has 0 bridgehead atoms. The summed E-state index contributed by atoms with van der Waals surface area (Å²) in [6.45, 7) is 3.92. The van der Waals surface area contributed by atoms with E-state index in [0.717, 1.165) is 32.7 Å². The smallest absolute Gasteiger partial charge is 0.256 e. The summed E-state index contributed by atoms with van der Waals surface area (Å²) >= 11 is 1.33. The van der Waals surface area contributed by atoms with Gasteiger partial charge < -0.3 is 10.6 Å². The topological polar surface area (TPSA) is 71.1 Å². The van der Waals surface area contributed by atoms with Crippen LogP contribution < -0.4 is 10.6 Å². The Hall–Kier alpha value is -3.64. The van der Waals surface area contributed by atoms with Gasteiger partial charge in [0.1, 0.15) is 0 Å². The molecule has 0 unspecified atom stereocenters. The maximum Gasteiger partial charge on any atom is 0.256 e. The second-order valence-corrected chi connectivity index (χ2v) is 8.50. The van der Waals surface area contributed by atoms with Gasteiger partial charge in [0.25, 0.3) is 5.91 Å². The number of hydrogen-bond donors (Lipinski definition) is 2. The zero-order chi connectivity index (χ0) is 22.5. The van der Waals surface area contributed by atoms with Crippen LogP contribution in [0.25, 0.3) is 10.9 Å². The van der Waals surface area contributed by atoms with Crippen molar-refractivity contribution in [1.29, 1.82) is 0 Å². The molecular formula is C26H23N3O2S. The van der Waals surface area contributed by atoms with Crippen LogP contribution in [0.4, 0.5) is 11.4 Å². The molecule has 4 rings (SSSR count). The van der Waals surface area contributed by atoms with Gasteiger partial charge in [0.15, 0.2) is 0 Å². The number of nitrogens with zero attached hydrogens (tertiary/aromatic N) is 1. The highest BCUT2D eigenvalue weighted by Gasteiger charge is 2.15. The molecule has 0 saturated heterocycles. The molecule has 0 aliphatic rings. The molecule has 5 nitrogen and oxygen atoms in total. The number of para-hydroxylation sites is 1. The van der Waals surface area contributed by atoms with Gasteiger partial charge in [0, 0.05) is 21.7 Å². The molecule has 1 aromatic heterocycles. The van der Waals surface area contributed by atoms with Gasteiger partial charge in [0.2, 0.25) is 5.91 Å². The van der Waals surface area contributed by atoms with Gasteiger partial charge >= 0.3 is 0 Å². The maximum absolute atomic E-state index is 13.1. The number of amides is 2. The Morgan fingerprint density at radius 1 is 0.844 bits per heavy atom. The molecule has 6 heteroatoms. The molecule has 0 aliphatic carbocycles. The van der Waals surface area contributed by atoms with Crippen molar-refractivity contribution in [2.24, 2.45) is 0 Å². The summed E-state index contributed by atoms with van der Waals surface area (Å²) < 4.78 is 0.